The molecule has 2 heterocycles. The first kappa shape index (κ1) is 15.8. The second kappa shape index (κ2) is 4.98. The molecule has 0 saturated carbocycles. The Kier molecular flexibility index (Phi) is 3.74. The molecule has 4 atom stereocenters. The van der Waals surface area contributed by atoms with Gasteiger partial charge in [0.2, 0.25) is 0 Å². The molecule has 0 aromatic carbocycles. The summed E-state index contributed by atoms with van der Waals surface area (Å²) in [5.74, 6) is -0.100. The zero-order chi connectivity index (χ0) is 16.0. The van der Waals surface area contributed by atoms with Crippen molar-refractivity contribution in [2.45, 2.75) is 36.9 Å². The first-order valence-electron chi connectivity index (χ1n) is 5.98. The molecule has 118 valence electrons. The highest BCUT2D eigenvalue weighted by Gasteiger charge is 2.65. The van der Waals surface area contributed by atoms with Crippen LogP contribution in [0.4, 0.5) is 14.6 Å². The smallest absolute Gasteiger partial charge is 0.351 e. The van der Waals surface area contributed by atoms with Gasteiger partial charge in [-0.2, -0.15) is 4.98 Å². The van der Waals surface area contributed by atoms with Gasteiger partial charge in [-0.15, -0.1) is 0 Å². The standard InChI is InChI=1S/C11H15F2N3O5/c1-10(20)6(18)11(4-17,7(12)13)21-8(10)16-3-2-5(14)15-9(16)19/h2-3,6-8,17-18,20H,4H2,1H3,(H2,14,15,19)/t6-,8+,10?,11+/m0/s1. The molecule has 1 fully saturated rings. The van der Waals surface area contributed by atoms with Gasteiger partial charge in [0.25, 0.3) is 6.43 Å². The van der Waals surface area contributed by atoms with Crippen LogP contribution in [0.25, 0.3) is 0 Å². The van der Waals surface area contributed by atoms with Crippen LogP contribution < -0.4 is 11.4 Å². The maximum Gasteiger partial charge on any atom is 0.351 e. The minimum absolute atomic E-state index is 0.100. The third kappa shape index (κ3) is 2.20. The van der Waals surface area contributed by atoms with Gasteiger partial charge in [-0.1, -0.05) is 0 Å². The van der Waals surface area contributed by atoms with Crippen molar-refractivity contribution in [3.63, 3.8) is 0 Å². The molecule has 5 N–H and O–H groups in total. The van der Waals surface area contributed by atoms with E-state index in [2.05, 4.69) is 4.98 Å². The predicted octanol–water partition coefficient (Wildman–Crippen LogP) is -1.54. The second-order valence-corrected chi connectivity index (χ2v) is 5.05. The lowest BCUT2D eigenvalue weighted by Crippen LogP contribution is -2.55. The summed E-state index contributed by atoms with van der Waals surface area (Å²) in [5, 5.41) is 29.4. The molecule has 1 aliphatic heterocycles. The van der Waals surface area contributed by atoms with Crippen LogP contribution in [0.3, 0.4) is 0 Å². The normalized spacial score (nSPS) is 36.3. The fourth-order valence-electron chi connectivity index (χ4n) is 2.33. The minimum atomic E-state index is -3.29. The van der Waals surface area contributed by atoms with Gasteiger partial charge < -0.3 is 25.8 Å². The number of nitrogens with two attached hydrogens (primary N) is 1. The van der Waals surface area contributed by atoms with Gasteiger partial charge in [-0.05, 0) is 13.0 Å². The van der Waals surface area contributed by atoms with Crippen molar-refractivity contribution in [3.05, 3.63) is 22.7 Å². The summed E-state index contributed by atoms with van der Waals surface area (Å²) >= 11 is 0. The lowest BCUT2D eigenvalue weighted by atomic mass is 9.88. The van der Waals surface area contributed by atoms with Crippen LogP contribution >= 0.6 is 0 Å². The zero-order valence-corrected chi connectivity index (χ0v) is 11.0. The number of halogens is 2. The molecule has 1 aliphatic rings. The molecule has 1 unspecified atom stereocenters. The van der Waals surface area contributed by atoms with Crippen LogP contribution in [-0.4, -0.2) is 55.2 Å². The van der Waals surface area contributed by atoms with Crippen molar-refractivity contribution >= 4 is 5.82 Å². The summed E-state index contributed by atoms with van der Waals surface area (Å²) in [6.07, 6.45) is -5.97. The number of rotatable bonds is 3. The highest BCUT2D eigenvalue weighted by Crippen LogP contribution is 2.46. The number of anilines is 1. The quantitative estimate of drug-likeness (QED) is 0.532. The number of nitrogen functional groups attached to an aromatic ring is 1. The van der Waals surface area contributed by atoms with Crippen molar-refractivity contribution in [1.82, 2.24) is 9.55 Å². The summed E-state index contributed by atoms with van der Waals surface area (Å²) in [6.45, 7) is -0.222. The number of alkyl halides is 2. The molecule has 0 amide bonds. The Morgan fingerprint density at radius 1 is 1.62 bits per heavy atom. The molecule has 1 saturated heterocycles. The molecule has 2 rings (SSSR count). The maximum absolute atomic E-state index is 13.2. The highest BCUT2D eigenvalue weighted by atomic mass is 19.3. The lowest BCUT2D eigenvalue weighted by Gasteiger charge is -2.30. The van der Waals surface area contributed by atoms with E-state index in [1.54, 1.807) is 0 Å². The lowest BCUT2D eigenvalue weighted by molar-refractivity contribution is -0.195. The first-order chi connectivity index (χ1) is 9.66. The molecule has 10 heteroatoms. The molecule has 1 aromatic rings. The van der Waals surface area contributed by atoms with Gasteiger partial charge in [-0.3, -0.25) is 4.57 Å². The number of ether oxygens (including phenoxy) is 1. The third-order valence-corrected chi connectivity index (χ3v) is 3.57. The van der Waals surface area contributed by atoms with E-state index in [1.165, 1.54) is 6.07 Å². The van der Waals surface area contributed by atoms with E-state index in [9.17, 15) is 23.8 Å². The van der Waals surface area contributed by atoms with E-state index < -0.39 is 42.3 Å². The van der Waals surface area contributed by atoms with Gasteiger partial charge in [0.1, 0.15) is 17.5 Å². The van der Waals surface area contributed by atoms with Crippen molar-refractivity contribution < 1.29 is 28.8 Å². The molecular formula is C11H15F2N3O5. The van der Waals surface area contributed by atoms with Crippen LogP contribution in [0, 0.1) is 0 Å². The van der Waals surface area contributed by atoms with E-state index in [0.717, 1.165) is 17.7 Å². The van der Waals surface area contributed by atoms with Crippen molar-refractivity contribution in [3.8, 4) is 0 Å². The summed E-state index contributed by atoms with van der Waals surface area (Å²) < 4.78 is 32.0. The number of nitrogens with zero attached hydrogens (tertiary/aromatic N) is 2. The molecule has 0 aliphatic carbocycles. The summed E-state index contributed by atoms with van der Waals surface area (Å²) in [6, 6.07) is 1.20. The zero-order valence-electron chi connectivity index (χ0n) is 11.0. The SMILES string of the molecule is CC1(O)[C@H](n2ccc(N)nc2=O)O[C@@](CO)(C(F)F)[C@H]1O. The third-order valence-electron chi connectivity index (χ3n) is 3.57. The summed E-state index contributed by atoms with van der Waals surface area (Å²) in [5.41, 5.74) is -0.586. The topological polar surface area (TPSA) is 131 Å². The van der Waals surface area contributed by atoms with Crippen LogP contribution in [0.15, 0.2) is 17.1 Å². The Balaban J connectivity index is 2.53. The van der Waals surface area contributed by atoms with Crippen molar-refractivity contribution in [2.24, 2.45) is 0 Å². The van der Waals surface area contributed by atoms with Crippen molar-refractivity contribution in [1.29, 1.82) is 0 Å². The maximum atomic E-state index is 13.2. The fraction of sp³-hybridized carbons (Fsp3) is 0.636. The Bertz CT molecular complexity index is 593. The molecule has 0 spiro atoms. The Morgan fingerprint density at radius 2 is 2.24 bits per heavy atom. The van der Waals surface area contributed by atoms with Crippen LogP contribution in [-0.2, 0) is 4.74 Å². The Labute approximate surface area is 117 Å². The number of hydrogen-bond donors (Lipinski definition) is 4. The summed E-state index contributed by atoms with van der Waals surface area (Å²) in [7, 11) is 0. The van der Waals surface area contributed by atoms with Gasteiger partial charge in [0.15, 0.2) is 11.8 Å². The monoisotopic (exact) mass is 307 g/mol. The predicted molar refractivity (Wildman–Crippen MR) is 65.5 cm³/mol. The van der Waals surface area contributed by atoms with E-state index in [0.29, 0.717) is 0 Å². The van der Waals surface area contributed by atoms with Crippen molar-refractivity contribution in [2.75, 3.05) is 12.3 Å². The van der Waals surface area contributed by atoms with Crippen LogP contribution in [0.2, 0.25) is 0 Å². The summed E-state index contributed by atoms with van der Waals surface area (Å²) in [4.78, 5) is 15.1. The molecule has 8 nitrogen and oxygen atoms in total. The Hall–Kier alpha value is -1.62. The van der Waals surface area contributed by atoms with E-state index in [-0.39, 0.29) is 5.82 Å². The van der Waals surface area contributed by atoms with E-state index >= 15 is 0 Å². The number of aromatic nitrogens is 2. The largest absolute Gasteiger partial charge is 0.393 e. The number of aliphatic hydroxyl groups excluding tert-OH is 2. The number of hydrogen-bond acceptors (Lipinski definition) is 7. The second-order valence-electron chi connectivity index (χ2n) is 5.05. The average Bonchev–Trinajstić information content (AvgIpc) is 2.60. The van der Waals surface area contributed by atoms with E-state index in [4.69, 9.17) is 15.6 Å². The molecule has 0 bridgehead atoms. The number of aliphatic hydroxyl groups is 3. The molecule has 1 aromatic heterocycles. The van der Waals surface area contributed by atoms with Gasteiger partial charge >= 0.3 is 5.69 Å². The van der Waals surface area contributed by atoms with E-state index in [1.807, 2.05) is 0 Å². The average molecular weight is 307 g/mol. The highest BCUT2D eigenvalue weighted by molar-refractivity contribution is 5.24. The molecule has 21 heavy (non-hydrogen) atoms. The van der Waals surface area contributed by atoms with Gasteiger partial charge in [-0.25, -0.2) is 13.6 Å². The van der Waals surface area contributed by atoms with Gasteiger partial charge in [0, 0.05) is 6.20 Å². The van der Waals surface area contributed by atoms with Crippen LogP contribution in [0.1, 0.15) is 13.2 Å². The van der Waals surface area contributed by atoms with Crippen LogP contribution in [0.5, 0.6) is 0 Å². The fourth-order valence-corrected chi connectivity index (χ4v) is 2.33. The molecular weight excluding hydrogens is 292 g/mol. The molecule has 0 radical (unpaired) electrons. The Morgan fingerprint density at radius 3 is 2.67 bits per heavy atom. The minimum Gasteiger partial charge on any atom is -0.393 e. The van der Waals surface area contributed by atoms with Gasteiger partial charge in [0.05, 0.1) is 6.61 Å². The first-order valence-corrected chi connectivity index (χ1v) is 5.98.